The second-order valence-corrected chi connectivity index (χ2v) is 11.3. The average molecular weight is 564 g/mol. The van der Waals surface area contributed by atoms with E-state index >= 15 is 0 Å². The van der Waals surface area contributed by atoms with Crippen LogP contribution in [0.15, 0.2) is 48.5 Å². The number of likely N-dealkylation sites (tertiary alicyclic amines) is 1. The number of benzene rings is 2. The largest absolute Gasteiger partial charge is 0.341 e. The summed E-state index contributed by atoms with van der Waals surface area (Å²) in [4.78, 5) is 58.4. The van der Waals surface area contributed by atoms with E-state index < -0.39 is 29.3 Å². The van der Waals surface area contributed by atoms with Gasteiger partial charge in [0.05, 0.1) is 5.56 Å². The van der Waals surface area contributed by atoms with Crippen molar-refractivity contribution in [2.45, 2.75) is 63.5 Å². The second-order valence-electron chi connectivity index (χ2n) is 11.3. The van der Waals surface area contributed by atoms with E-state index in [9.17, 15) is 23.6 Å². The summed E-state index contributed by atoms with van der Waals surface area (Å²) in [5.74, 6) is -1.69. The summed E-state index contributed by atoms with van der Waals surface area (Å²) < 4.78 is 14.8. The fraction of sp³-hybridized carbons (Fsp3) is 0.484. The maximum atomic E-state index is 14.8. The minimum Gasteiger partial charge on any atom is -0.341 e. The van der Waals surface area contributed by atoms with Crippen LogP contribution >= 0.6 is 0 Å². The highest BCUT2D eigenvalue weighted by Crippen LogP contribution is 2.40. The van der Waals surface area contributed by atoms with E-state index in [2.05, 4.69) is 10.6 Å². The molecular weight excluding hydrogens is 525 g/mol. The molecular formula is C31H38FN5O4. The third kappa shape index (κ3) is 5.39. The molecule has 2 aromatic carbocycles. The highest BCUT2D eigenvalue weighted by molar-refractivity contribution is 6.04. The van der Waals surface area contributed by atoms with E-state index in [0.29, 0.717) is 31.5 Å². The van der Waals surface area contributed by atoms with Crippen molar-refractivity contribution in [3.63, 3.8) is 0 Å². The Balaban J connectivity index is 1.37. The number of nitrogens with zero attached hydrogens (tertiary/aromatic N) is 3. The van der Waals surface area contributed by atoms with E-state index in [1.807, 2.05) is 35.2 Å². The summed E-state index contributed by atoms with van der Waals surface area (Å²) in [6, 6.07) is 13.0. The molecule has 0 radical (unpaired) electrons. The molecule has 9 nitrogen and oxygen atoms in total. The molecule has 1 atom stereocenters. The van der Waals surface area contributed by atoms with Crippen LogP contribution in [0, 0.1) is 18.7 Å². The van der Waals surface area contributed by atoms with Crippen molar-refractivity contribution >= 4 is 29.4 Å². The maximum absolute atomic E-state index is 14.8. The molecule has 2 saturated heterocycles. The normalized spacial score (nSPS) is 19.8. The number of nitrogens with one attached hydrogen (secondary N) is 2. The van der Waals surface area contributed by atoms with Crippen molar-refractivity contribution in [3.05, 3.63) is 65.5 Å². The summed E-state index contributed by atoms with van der Waals surface area (Å²) >= 11 is 0. The van der Waals surface area contributed by atoms with Gasteiger partial charge >= 0.3 is 6.03 Å². The van der Waals surface area contributed by atoms with Crippen molar-refractivity contribution in [2.24, 2.45) is 5.92 Å². The number of hydrogen-bond donors (Lipinski definition) is 2. The van der Waals surface area contributed by atoms with Gasteiger partial charge in [0.1, 0.15) is 24.1 Å². The molecule has 1 aliphatic carbocycles. The van der Waals surface area contributed by atoms with Gasteiger partial charge in [0.2, 0.25) is 5.91 Å². The Hall–Kier alpha value is -3.95. The minimum atomic E-state index is -0.959. The predicted octanol–water partition coefficient (Wildman–Crippen LogP) is 3.82. The van der Waals surface area contributed by atoms with E-state index in [0.717, 1.165) is 37.8 Å². The number of urea groups is 1. The Kier molecular flexibility index (Phi) is 8.28. The van der Waals surface area contributed by atoms with Crippen molar-refractivity contribution in [1.29, 1.82) is 0 Å². The molecule has 5 rings (SSSR count). The number of anilines is 1. The minimum absolute atomic E-state index is 0.0402. The number of carbonyl (C=O) groups excluding carboxylic acids is 4. The predicted molar refractivity (Wildman–Crippen MR) is 153 cm³/mol. The summed E-state index contributed by atoms with van der Waals surface area (Å²) in [6.45, 7) is 2.33. The number of para-hydroxylation sites is 1. The number of rotatable bonds is 5. The lowest BCUT2D eigenvalue weighted by Crippen LogP contribution is -2.60. The molecule has 2 N–H and O–H groups in total. The lowest BCUT2D eigenvalue weighted by molar-refractivity contribution is -0.139. The average Bonchev–Trinajstić information content (AvgIpc) is 3.28. The van der Waals surface area contributed by atoms with Crippen LogP contribution in [-0.4, -0.2) is 71.9 Å². The first kappa shape index (κ1) is 28.6. The summed E-state index contributed by atoms with van der Waals surface area (Å²) in [6.07, 6.45) is 5.35. The molecule has 3 aliphatic rings. The van der Waals surface area contributed by atoms with Crippen LogP contribution in [0.5, 0.6) is 0 Å². The molecule has 2 heterocycles. The molecule has 218 valence electrons. The Labute approximate surface area is 240 Å². The second kappa shape index (κ2) is 11.9. The van der Waals surface area contributed by atoms with Crippen LogP contribution in [0.1, 0.15) is 60.9 Å². The molecule has 3 fully saturated rings. The standard InChI is InChI=1S/C31H38FN5O4/c1-21-10-9-15-24(25(21)32)27(38)34-26(22-11-5-3-6-12-22)28(39)35-18-16-31(17-19-35)29(40)36(30(41)33-2)20-37(31)23-13-7-4-8-14-23/h4,7-10,13-15,22,26H,3,5-6,11-12,16-20H2,1-2H3,(H,33,41)(H,34,38)/t26-/m1/s1. The molecule has 2 aromatic rings. The Morgan fingerprint density at radius 3 is 2.32 bits per heavy atom. The molecule has 1 spiro atoms. The molecule has 41 heavy (non-hydrogen) atoms. The maximum Gasteiger partial charge on any atom is 0.325 e. The van der Waals surface area contributed by atoms with Gasteiger partial charge in [0, 0.05) is 25.8 Å². The molecule has 5 amide bonds. The smallest absolute Gasteiger partial charge is 0.325 e. The van der Waals surface area contributed by atoms with Gasteiger partial charge in [-0.1, -0.05) is 49.6 Å². The van der Waals surface area contributed by atoms with Gasteiger partial charge in [-0.15, -0.1) is 0 Å². The molecule has 0 aromatic heterocycles. The molecule has 10 heteroatoms. The van der Waals surface area contributed by atoms with E-state index in [-0.39, 0.29) is 30.0 Å². The summed E-state index contributed by atoms with van der Waals surface area (Å²) in [5, 5.41) is 5.45. The fourth-order valence-corrected chi connectivity index (χ4v) is 6.60. The lowest BCUT2D eigenvalue weighted by atomic mass is 9.81. The van der Waals surface area contributed by atoms with Crippen LogP contribution in [0.2, 0.25) is 0 Å². The monoisotopic (exact) mass is 563 g/mol. The first-order valence-corrected chi connectivity index (χ1v) is 14.5. The molecule has 2 aliphatic heterocycles. The first-order chi connectivity index (χ1) is 19.8. The number of piperidine rings is 1. The van der Waals surface area contributed by atoms with Crippen LogP contribution < -0.4 is 15.5 Å². The number of imide groups is 1. The number of carbonyl (C=O) groups is 4. The zero-order valence-corrected chi connectivity index (χ0v) is 23.7. The zero-order chi connectivity index (χ0) is 29.1. The Morgan fingerprint density at radius 2 is 1.66 bits per heavy atom. The highest BCUT2D eigenvalue weighted by Gasteiger charge is 2.56. The number of hydrogen-bond acceptors (Lipinski definition) is 5. The molecule has 0 bridgehead atoms. The van der Waals surface area contributed by atoms with Crippen molar-refractivity contribution in [3.8, 4) is 0 Å². The van der Waals surface area contributed by atoms with E-state index in [1.165, 1.54) is 18.0 Å². The quantitative estimate of drug-likeness (QED) is 0.576. The third-order valence-electron chi connectivity index (χ3n) is 8.98. The molecule has 0 unspecified atom stereocenters. The van der Waals surface area contributed by atoms with Gasteiger partial charge in [-0.2, -0.15) is 0 Å². The van der Waals surface area contributed by atoms with Crippen molar-refractivity contribution in [2.75, 3.05) is 31.7 Å². The van der Waals surface area contributed by atoms with Crippen LogP contribution in [0.3, 0.4) is 0 Å². The molecule has 1 saturated carbocycles. The van der Waals surface area contributed by atoms with Crippen LogP contribution in [0.4, 0.5) is 14.9 Å². The van der Waals surface area contributed by atoms with Gasteiger partial charge in [-0.3, -0.25) is 14.4 Å². The lowest BCUT2D eigenvalue weighted by Gasteiger charge is -2.44. The van der Waals surface area contributed by atoms with Crippen molar-refractivity contribution < 1.29 is 23.6 Å². The Morgan fingerprint density at radius 1 is 0.976 bits per heavy atom. The number of aryl methyl sites for hydroxylation is 1. The van der Waals surface area contributed by atoms with Gasteiger partial charge < -0.3 is 20.4 Å². The zero-order valence-electron chi connectivity index (χ0n) is 23.7. The van der Waals surface area contributed by atoms with Gasteiger partial charge in [0.15, 0.2) is 0 Å². The Bertz CT molecular complexity index is 1300. The van der Waals surface area contributed by atoms with Crippen LogP contribution in [-0.2, 0) is 9.59 Å². The summed E-state index contributed by atoms with van der Waals surface area (Å²) in [7, 11) is 1.50. The SMILES string of the molecule is CNC(=O)N1CN(c2ccccc2)C2(CCN(C(=O)[C@H](NC(=O)c3cccc(C)c3F)C3CCCCC3)CC2)C1=O. The van der Waals surface area contributed by atoms with Gasteiger partial charge in [0.25, 0.3) is 11.8 Å². The number of amides is 5. The van der Waals surface area contributed by atoms with Crippen molar-refractivity contribution in [1.82, 2.24) is 20.4 Å². The van der Waals surface area contributed by atoms with E-state index in [1.54, 1.807) is 24.0 Å². The highest BCUT2D eigenvalue weighted by atomic mass is 19.1. The topological polar surface area (TPSA) is 102 Å². The van der Waals surface area contributed by atoms with Gasteiger partial charge in [-0.05, 0) is 62.3 Å². The van der Waals surface area contributed by atoms with Gasteiger partial charge in [-0.25, -0.2) is 14.1 Å². The fourth-order valence-electron chi connectivity index (χ4n) is 6.60. The third-order valence-corrected chi connectivity index (χ3v) is 8.98. The van der Waals surface area contributed by atoms with E-state index in [4.69, 9.17) is 0 Å². The number of halogens is 1. The first-order valence-electron chi connectivity index (χ1n) is 14.5. The van der Waals surface area contributed by atoms with Crippen LogP contribution in [0.25, 0.3) is 0 Å². The summed E-state index contributed by atoms with van der Waals surface area (Å²) in [5.41, 5.74) is 0.175.